The van der Waals surface area contributed by atoms with Crippen LogP contribution in [-0.2, 0) is 16.5 Å². The zero-order valence-corrected chi connectivity index (χ0v) is 11.6. The molecule has 0 aromatic rings. The zero-order valence-electron chi connectivity index (χ0n) is 9.62. The molecule has 0 bridgehead atoms. The Labute approximate surface area is 105 Å². The average Bonchev–Trinajstić information content (AvgIpc) is 2.80. The minimum atomic E-state index is -1.01. The predicted octanol–water partition coefficient (Wildman–Crippen LogP) is 3.86. The molecule has 0 N–H and O–H groups in total. The maximum Gasteiger partial charge on any atom is 2.00 e. The minimum Gasteiger partial charge on any atom is -0.274 e. The summed E-state index contributed by atoms with van der Waals surface area (Å²) in [6.07, 6.45) is 18.8. The molecule has 0 aromatic heterocycles. The van der Waals surface area contributed by atoms with Gasteiger partial charge < -0.3 is 0 Å². The smallest absolute Gasteiger partial charge is 0.274 e. The van der Waals surface area contributed by atoms with E-state index < -0.39 is 8.07 Å². The van der Waals surface area contributed by atoms with Crippen LogP contribution in [0.15, 0.2) is 35.6 Å². The van der Waals surface area contributed by atoms with E-state index in [0.717, 1.165) is 12.8 Å². The van der Waals surface area contributed by atoms with Gasteiger partial charge >= 0.3 is 16.5 Å². The summed E-state index contributed by atoms with van der Waals surface area (Å²) < 4.78 is 0. The van der Waals surface area contributed by atoms with Gasteiger partial charge in [-0.2, -0.15) is 12.2 Å². The fourth-order valence-electron chi connectivity index (χ4n) is 1.26. The van der Waals surface area contributed by atoms with Gasteiger partial charge in [0.1, 0.15) is 0 Å². The van der Waals surface area contributed by atoms with Crippen LogP contribution in [0.5, 0.6) is 0 Å². The molecule has 0 atom stereocenters. The Bertz CT molecular complexity index is 280. The van der Waals surface area contributed by atoms with Crippen LogP contribution in [0.3, 0.4) is 0 Å². The summed E-state index contributed by atoms with van der Waals surface area (Å²) in [4.78, 5) is 0. The van der Waals surface area contributed by atoms with Gasteiger partial charge in [0.2, 0.25) is 0 Å². The SMILES string of the molecule is C[Si](C)(C)C1=[C-]CC=C1.[C-]1=CC=CC1.[Ni+2]. The molecule has 2 aliphatic rings. The predicted molar refractivity (Wildman–Crippen MR) is 65.4 cm³/mol. The van der Waals surface area contributed by atoms with Crippen LogP contribution in [0.2, 0.25) is 19.6 Å². The Morgan fingerprint density at radius 2 is 1.87 bits per heavy atom. The molecular formula is C13H18NiSi. The molecule has 0 radical (unpaired) electrons. The van der Waals surface area contributed by atoms with Crippen molar-refractivity contribution >= 4 is 8.07 Å². The molecule has 0 saturated carbocycles. The van der Waals surface area contributed by atoms with E-state index in [9.17, 15) is 0 Å². The van der Waals surface area contributed by atoms with E-state index in [1.807, 2.05) is 12.2 Å². The van der Waals surface area contributed by atoms with Gasteiger partial charge in [-0.05, 0) is 0 Å². The Kier molecular flexibility index (Phi) is 6.87. The van der Waals surface area contributed by atoms with Crippen molar-refractivity contribution in [3.8, 4) is 0 Å². The number of hydrogen-bond acceptors (Lipinski definition) is 0. The third kappa shape index (κ3) is 5.96. The van der Waals surface area contributed by atoms with Gasteiger partial charge in [-0.15, -0.1) is 12.8 Å². The fourth-order valence-corrected chi connectivity index (χ4v) is 2.51. The second-order valence-electron chi connectivity index (χ2n) is 4.45. The van der Waals surface area contributed by atoms with E-state index in [1.54, 1.807) is 0 Å². The average molecular weight is 261 g/mol. The van der Waals surface area contributed by atoms with Crippen LogP contribution in [0, 0.1) is 12.2 Å². The van der Waals surface area contributed by atoms with Crippen LogP contribution in [0.4, 0.5) is 0 Å². The first-order valence-electron chi connectivity index (χ1n) is 5.10. The summed E-state index contributed by atoms with van der Waals surface area (Å²) in [5.41, 5.74) is 0. The number of hydrogen-bond donors (Lipinski definition) is 0. The van der Waals surface area contributed by atoms with Crippen molar-refractivity contribution in [1.82, 2.24) is 0 Å². The molecule has 84 valence electrons. The molecule has 0 heterocycles. The number of allylic oxidation sites excluding steroid dienone is 8. The first-order chi connectivity index (χ1) is 6.61. The summed E-state index contributed by atoms with van der Waals surface area (Å²) in [6.45, 7) is 7.06. The van der Waals surface area contributed by atoms with Crippen molar-refractivity contribution in [1.29, 1.82) is 0 Å². The van der Waals surface area contributed by atoms with Gasteiger partial charge in [0.05, 0.1) is 0 Å². The standard InChI is InChI=1S/C8H13Si.C5H5.Ni/c1-9(2,3)8-6-4-5-7-8;1-2-4-5-3-1;/h4,6H,5H2,1-3H3;1-3H,4H2;/q2*-1;+2. The van der Waals surface area contributed by atoms with Gasteiger partial charge in [0.15, 0.2) is 0 Å². The molecule has 0 unspecified atom stereocenters. The van der Waals surface area contributed by atoms with Gasteiger partial charge in [-0.3, -0.25) is 12.2 Å². The largest absolute Gasteiger partial charge is 2.00 e. The second-order valence-corrected chi connectivity index (χ2v) is 9.49. The maximum absolute atomic E-state index is 3.36. The summed E-state index contributed by atoms with van der Waals surface area (Å²) in [5.74, 6) is 0. The van der Waals surface area contributed by atoms with Crippen LogP contribution in [0.1, 0.15) is 12.8 Å². The zero-order chi connectivity index (χ0) is 10.4. The van der Waals surface area contributed by atoms with E-state index in [4.69, 9.17) is 0 Å². The van der Waals surface area contributed by atoms with Gasteiger partial charge in [0.25, 0.3) is 0 Å². The molecule has 0 nitrogen and oxygen atoms in total. The van der Waals surface area contributed by atoms with Crippen LogP contribution in [0.25, 0.3) is 0 Å². The Balaban J connectivity index is 0.000000280. The second kappa shape index (κ2) is 7.03. The fraction of sp³-hybridized carbons (Fsp3) is 0.385. The Hall–Kier alpha value is -0.330. The third-order valence-electron chi connectivity index (χ3n) is 2.09. The maximum atomic E-state index is 3.36. The first-order valence-corrected chi connectivity index (χ1v) is 8.60. The Morgan fingerprint density at radius 3 is 2.07 bits per heavy atom. The normalized spacial score (nSPS) is 16.9. The summed E-state index contributed by atoms with van der Waals surface area (Å²) in [5, 5.41) is 1.49. The molecule has 0 saturated heterocycles. The molecule has 2 heteroatoms. The topological polar surface area (TPSA) is 0 Å². The van der Waals surface area contributed by atoms with Gasteiger partial charge in [-0.25, -0.2) is 23.4 Å². The molecule has 0 aliphatic heterocycles. The summed E-state index contributed by atoms with van der Waals surface area (Å²) in [7, 11) is -1.01. The van der Waals surface area contributed by atoms with Crippen molar-refractivity contribution in [3.63, 3.8) is 0 Å². The van der Waals surface area contributed by atoms with E-state index in [-0.39, 0.29) is 16.5 Å². The monoisotopic (exact) mass is 260 g/mol. The molecule has 0 spiro atoms. The summed E-state index contributed by atoms with van der Waals surface area (Å²) >= 11 is 0. The van der Waals surface area contributed by atoms with Crippen molar-refractivity contribution in [2.75, 3.05) is 0 Å². The van der Waals surface area contributed by atoms with E-state index in [1.165, 1.54) is 5.20 Å². The van der Waals surface area contributed by atoms with Crippen molar-refractivity contribution in [2.45, 2.75) is 32.5 Å². The van der Waals surface area contributed by atoms with Crippen LogP contribution in [-0.4, -0.2) is 8.07 Å². The first kappa shape index (κ1) is 14.7. The van der Waals surface area contributed by atoms with Crippen LogP contribution >= 0.6 is 0 Å². The van der Waals surface area contributed by atoms with E-state index >= 15 is 0 Å². The third-order valence-corrected chi connectivity index (χ3v) is 4.05. The minimum absolute atomic E-state index is 0. The van der Waals surface area contributed by atoms with Crippen LogP contribution < -0.4 is 0 Å². The number of rotatable bonds is 1. The van der Waals surface area contributed by atoms with Gasteiger partial charge in [0, 0.05) is 8.07 Å². The molecule has 0 amide bonds. The van der Waals surface area contributed by atoms with Gasteiger partial charge in [-0.1, -0.05) is 19.6 Å². The van der Waals surface area contributed by atoms with Crippen molar-refractivity contribution < 1.29 is 16.5 Å². The van der Waals surface area contributed by atoms with E-state index in [2.05, 4.69) is 50.0 Å². The van der Waals surface area contributed by atoms with Crippen molar-refractivity contribution in [2.24, 2.45) is 0 Å². The van der Waals surface area contributed by atoms with E-state index in [0.29, 0.717) is 0 Å². The van der Waals surface area contributed by atoms with Crippen molar-refractivity contribution in [3.05, 3.63) is 47.7 Å². The molecular weight excluding hydrogens is 243 g/mol. The quantitative estimate of drug-likeness (QED) is 0.496. The molecule has 2 aliphatic carbocycles. The molecule has 2 rings (SSSR count). The molecule has 0 fully saturated rings. The molecule has 0 aromatic carbocycles. The molecule has 15 heavy (non-hydrogen) atoms. The Morgan fingerprint density at radius 1 is 1.13 bits per heavy atom. The summed E-state index contributed by atoms with van der Waals surface area (Å²) in [6, 6.07) is 0.